The molecule has 114 valence electrons. The van der Waals surface area contributed by atoms with Crippen molar-refractivity contribution in [3.8, 4) is 0 Å². The van der Waals surface area contributed by atoms with Crippen LogP contribution in [0.3, 0.4) is 0 Å². The molecule has 1 aliphatic heterocycles. The van der Waals surface area contributed by atoms with E-state index < -0.39 is 23.6 Å². The standard InChI is InChI=1S/C16H16N2O4/c19-10-13-12(8-11-4-2-1-3-5-11)9-15(22-13)18-7-6-14(20)17-16(18)21/h1-7,9,13,15,19H,8,10H2,(H,17,20,21)/t13-,15-/m1/s1. The molecule has 2 atom stereocenters. The highest BCUT2D eigenvalue weighted by molar-refractivity contribution is 5.26. The van der Waals surface area contributed by atoms with Crippen molar-refractivity contribution in [1.29, 1.82) is 0 Å². The zero-order valence-corrected chi connectivity index (χ0v) is 11.8. The largest absolute Gasteiger partial charge is 0.393 e. The lowest BCUT2D eigenvalue weighted by Crippen LogP contribution is -2.32. The summed E-state index contributed by atoms with van der Waals surface area (Å²) in [5.41, 5.74) is 1.03. The third kappa shape index (κ3) is 2.93. The summed E-state index contributed by atoms with van der Waals surface area (Å²) in [7, 11) is 0. The zero-order valence-electron chi connectivity index (χ0n) is 11.8. The molecular weight excluding hydrogens is 284 g/mol. The molecule has 1 aliphatic rings. The quantitative estimate of drug-likeness (QED) is 0.810. The number of nitrogens with one attached hydrogen (secondary N) is 1. The Morgan fingerprint density at radius 2 is 1.95 bits per heavy atom. The van der Waals surface area contributed by atoms with Crippen molar-refractivity contribution < 1.29 is 9.84 Å². The Kier molecular flexibility index (Phi) is 4.04. The second-order valence-electron chi connectivity index (χ2n) is 5.12. The van der Waals surface area contributed by atoms with Gasteiger partial charge in [-0.25, -0.2) is 4.79 Å². The van der Waals surface area contributed by atoms with Crippen LogP contribution in [0.1, 0.15) is 11.8 Å². The van der Waals surface area contributed by atoms with Crippen LogP contribution in [0.15, 0.2) is 63.8 Å². The summed E-state index contributed by atoms with van der Waals surface area (Å²) in [5.74, 6) is 0. The monoisotopic (exact) mass is 300 g/mol. The third-order valence-corrected chi connectivity index (χ3v) is 3.62. The predicted octanol–water partition coefficient (Wildman–Crippen LogP) is 0.595. The Hall–Kier alpha value is -2.44. The molecule has 0 spiro atoms. The molecule has 6 heteroatoms. The number of ether oxygens (including phenoxy) is 1. The summed E-state index contributed by atoms with van der Waals surface area (Å²) in [6.45, 7) is -0.159. The minimum atomic E-state index is -0.625. The molecule has 0 saturated heterocycles. The molecule has 6 nitrogen and oxygen atoms in total. The lowest BCUT2D eigenvalue weighted by atomic mass is 10.0. The maximum Gasteiger partial charge on any atom is 0.330 e. The minimum absolute atomic E-state index is 0.159. The molecule has 3 rings (SSSR count). The molecular formula is C16H16N2O4. The van der Waals surface area contributed by atoms with Crippen molar-refractivity contribution in [2.75, 3.05) is 6.61 Å². The van der Waals surface area contributed by atoms with Crippen LogP contribution in [-0.2, 0) is 11.2 Å². The van der Waals surface area contributed by atoms with Gasteiger partial charge in [0.1, 0.15) is 6.10 Å². The SMILES string of the molecule is O=c1ccn([C@H]2C=C(Cc3ccccc3)[C@@H](CO)O2)c(=O)[nH]1. The van der Waals surface area contributed by atoms with Crippen molar-refractivity contribution in [1.82, 2.24) is 9.55 Å². The van der Waals surface area contributed by atoms with Crippen molar-refractivity contribution in [2.24, 2.45) is 0 Å². The Labute approximate surface area is 126 Å². The van der Waals surface area contributed by atoms with Crippen LogP contribution < -0.4 is 11.2 Å². The van der Waals surface area contributed by atoms with Crippen molar-refractivity contribution in [3.63, 3.8) is 0 Å². The molecule has 22 heavy (non-hydrogen) atoms. The van der Waals surface area contributed by atoms with Gasteiger partial charge in [0.25, 0.3) is 5.56 Å². The van der Waals surface area contributed by atoms with Crippen LogP contribution in [0, 0.1) is 0 Å². The molecule has 0 radical (unpaired) electrons. The fourth-order valence-electron chi connectivity index (χ4n) is 2.52. The van der Waals surface area contributed by atoms with E-state index in [1.165, 1.54) is 16.8 Å². The third-order valence-electron chi connectivity index (χ3n) is 3.62. The van der Waals surface area contributed by atoms with E-state index in [0.717, 1.165) is 11.1 Å². The number of hydrogen-bond acceptors (Lipinski definition) is 4. The van der Waals surface area contributed by atoms with Gasteiger partial charge in [-0.05, 0) is 23.6 Å². The average molecular weight is 300 g/mol. The van der Waals surface area contributed by atoms with Gasteiger partial charge in [-0.3, -0.25) is 14.3 Å². The first-order valence-corrected chi connectivity index (χ1v) is 6.99. The number of benzene rings is 1. The number of hydrogen-bond donors (Lipinski definition) is 2. The van der Waals surface area contributed by atoms with Gasteiger partial charge in [0.05, 0.1) is 6.61 Å². The zero-order chi connectivity index (χ0) is 15.5. The Bertz CT molecular complexity index is 792. The number of nitrogens with zero attached hydrogens (tertiary/aromatic N) is 1. The fraction of sp³-hybridized carbons (Fsp3) is 0.250. The smallest absolute Gasteiger partial charge is 0.330 e. The van der Waals surface area contributed by atoms with Gasteiger partial charge in [-0.1, -0.05) is 30.3 Å². The highest BCUT2D eigenvalue weighted by Crippen LogP contribution is 2.28. The van der Waals surface area contributed by atoms with Gasteiger partial charge in [-0.2, -0.15) is 0 Å². The van der Waals surface area contributed by atoms with Crippen molar-refractivity contribution in [3.05, 3.63) is 80.6 Å². The van der Waals surface area contributed by atoms with Gasteiger partial charge in [-0.15, -0.1) is 0 Å². The predicted molar refractivity (Wildman–Crippen MR) is 80.5 cm³/mol. The van der Waals surface area contributed by atoms with E-state index in [4.69, 9.17) is 4.74 Å². The summed E-state index contributed by atoms with van der Waals surface area (Å²) in [5, 5.41) is 9.48. The lowest BCUT2D eigenvalue weighted by Gasteiger charge is -2.15. The molecule has 2 aromatic rings. The Balaban J connectivity index is 1.89. The van der Waals surface area contributed by atoms with Crippen LogP contribution in [0.4, 0.5) is 0 Å². The molecule has 0 amide bonds. The second-order valence-corrected chi connectivity index (χ2v) is 5.12. The topological polar surface area (TPSA) is 84.3 Å². The summed E-state index contributed by atoms with van der Waals surface area (Å²) >= 11 is 0. The van der Waals surface area contributed by atoms with Crippen LogP contribution in [0.25, 0.3) is 0 Å². The van der Waals surface area contributed by atoms with Gasteiger partial charge in [0, 0.05) is 12.3 Å². The summed E-state index contributed by atoms with van der Waals surface area (Å²) in [6, 6.07) is 11.1. The molecule has 2 N–H and O–H groups in total. The van der Waals surface area contributed by atoms with E-state index >= 15 is 0 Å². The first-order chi connectivity index (χ1) is 10.7. The first-order valence-electron chi connectivity index (χ1n) is 6.99. The minimum Gasteiger partial charge on any atom is -0.393 e. The molecule has 0 bridgehead atoms. The number of aromatic nitrogens is 2. The molecule has 1 aromatic heterocycles. The van der Waals surface area contributed by atoms with Crippen LogP contribution in [-0.4, -0.2) is 27.4 Å². The fourth-order valence-corrected chi connectivity index (χ4v) is 2.52. The number of aliphatic hydroxyl groups excluding tert-OH is 1. The highest BCUT2D eigenvalue weighted by atomic mass is 16.5. The summed E-state index contributed by atoms with van der Waals surface area (Å²) in [6.07, 6.45) is 2.76. The van der Waals surface area contributed by atoms with Gasteiger partial charge >= 0.3 is 5.69 Å². The van der Waals surface area contributed by atoms with Gasteiger partial charge in [0.2, 0.25) is 0 Å². The van der Waals surface area contributed by atoms with E-state index in [-0.39, 0.29) is 6.61 Å². The maximum absolute atomic E-state index is 11.8. The molecule has 0 fully saturated rings. The summed E-state index contributed by atoms with van der Waals surface area (Å²) in [4.78, 5) is 25.1. The van der Waals surface area contributed by atoms with E-state index in [1.54, 1.807) is 0 Å². The normalized spacial score (nSPS) is 20.9. The van der Waals surface area contributed by atoms with Crippen molar-refractivity contribution in [2.45, 2.75) is 18.8 Å². The number of aromatic amines is 1. The first kappa shape index (κ1) is 14.5. The number of rotatable bonds is 4. The Morgan fingerprint density at radius 1 is 1.18 bits per heavy atom. The van der Waals surface area contributed by atoms with Crippen LogP contribution >= 0.6 is 0 Å². The van der Waals surface area contributed by atoms with Crippen LogP contribution in [0.5, 0.6) is 0 Å². The van der Waals surface area contributed by atoms with E-state index in [0.29, 0.717) is 6.42 Å². The maximum atomic E-state index is 11.8. The molecule has 0 unspecified atom stereocenters. The molecule has 0 aliphatic carbocycles. The second kappa shape index (κ2) is 6.13. The van der Waals surface area contributed by atoms with Crippen molar-refractivity contribution >= 4 is 0 Å². The molecule has 1 aromatic carbocycles. The lowest BCUT2D eigenvalue weighted by molar-refractivity contribution is -0.0144. The molecule has 0 saturated carbocycles. The Morgan fingerprint density at radius 3 is 2.64 bits per heavy atom. The number of H-pyrrole nitrogens is 1. The summed E-state index contributed by atoms with van der Waals surface area (Å²) < 4.78 is 6.99. The van der Waals surface area contributed by atoms with E-state index in [2.05, 4.69) is 4.98 Å². The average Bonchev–Trinajstić information content (AvgIpc) is 2.91. The molecule has 2 heterocycles. The van der Waals surface area contributed by atoms with Gasteiger partial charge < -0.3 is 9.84 Å². The highest BCUT2D eigenvalue weighted by Gasteiger charge is 2.28. The number of aliphatic hydroxyl groups is 1. The van der Waals surface area contributed by atoms with Crippen LogP contribution in [0.2, 0.25) is 0 Å². The van der Waals surface area contributed by atoms with E-state index in [9.17, 15) is 14.7 Å². The van der Waals surface area contributed by atoms with E-state index in [1.807, 2.05) is 36.4 Å². The van der Waals surface area contributed by atoms with Gasteiger partial charge in [0.15, 0.2) is 6.23 Å².